The summed E-state index contributed by atoms with van der Waals surface area (Å²) in [6, 6.07) is 1.17. The summed E-state index contributed by atoms with van der Waals surface area (Å²) in [4.78, 5) is 9.04. The molecule has 0 radical (unpaired) electrons. The van der Waals surface area contributed by atoms with Gasteiger partial charge in [-0.2, -0.15) is 0 Å². The molecule has 0 unspecified atom stereocenters. The normalized spacial score (nSPS) is 12.6. The highest BCUT2D eigenvalue weighted by atomic mass is 79.9. The first-order valence-electron chi connectivity index (χ1n) is 7.66. The highest BCUT2D eigenvalue weighted by Gasteiger charge is 2.13. The molecular weight excluding hydrogens is 358 g/mol. The fourth-order valence-electron chi connectivity index (χ4n) is 2.06. The second kappa shape index (κ2) is 7.52. The van der Waals surface area contributed by atoms with Crippen LogP contribution in [-0.2, 0) is 11.5 Å². The molecule has 120 valence electrons. The number of nitrogens with zero attached hydrogens (tertiary/aromatic N) is 3. The zero-order chi connectivity index (χ0) is 16.2. The summed E-state index contributed by atoms with van der Waals surface area (Å²) in [5.41, 5.74) is 2.86. The molecule has 2 rings (SSSR count). The molecular formula is C16H24BrN3OSi. The molecule has 2 heterocycles. The predicted molar refractivity (Wildman–Crippen MR) is 98.7 cm³/mol. The lowest BCUT2D eigenvalue weighted by Crippen LogP contribution is -2.22. The molecule has 2 aromatic rings. The number of rotatable bonds is 7. The summed E-state index contributed by atoms with van der Waals surface area (Å²) in [6.07, 6.45) is 9.03. The zero-order valence-corrected chi connectivity index (χ0v) is 16.4. The SMILES string of the molecule is CC/C=C/c1cn(COCC[Si](C)(C)C)c2ncc(Br)nc12. The second-order valence-corrected chi connectivity index (χ2v) is 13.0. The molecule has 0 bridgehead atoms. The monoisotopic (exact) mass is 381 g/mol. The van der Waals surface area contributed by atoms with Gasteiger partial charge in [0.05, 0.1) is 6.20 Å². The lowest BCUT2D eigenvalue weighted by Gasteiger charge is -2.15. The van der Waals surface area contributed by atoms with E-state index >= 15 is 0 Å². The van der Waals surface area contributed by atoms with Gasteiger partial charge in [-0.05, 0) is 28.4 Å². The van der Waals surface area contributed by atoms with Crippen LogP contribution in [0.15, 0.2) is 23.1 Å². The van der Waals surface area contributed by atoms with Gasteiger partial charge in [-0.3, -0.25) is 0 Å². The Hall–Kier alpha value is -0.983. The van der Waals surface area contributed by atoms with Crippen molar-refractivity contribution in [1.82, 2.24) is 14.5 Å². The van der Waals surface area contributed by atoms with Crippen molar-refractivity contribution in [2.45, 2.75) is 45.8 Å². The standard InChI is InChI=1S/C16H24BrN3OSi/c1-5-6-7-13-11-20(12-21-8-9-22(2,3)4)16-15(13)19-14(17)10-18-16/h6-7,10-11H,5,8-9,12H2,1-4H3/b7-6+. The average Bonchev–Trinajstić information content (AvgIpc) is 2.78. The molecule has 0 atom stereocenters. The molecule has 0 aliphatic rings. The molecule has 0 aromatic carbocycles. The Morgan fingerprint density at radius 1 is 1.36 bits per heavy atom. The van der Waals surface area contributed by atoms with Gasteiger partial charge in [-0.25, -0.2) is 9.97 Å². The fraction of sp³-hybridized carbons (Fsp3) is 0.500. The highest BCUT2D eigenvalue weighted by Crippen LogP contribution is 2.21. The Kier molecular flexibility index (Phi) is 5.94. The molecule has 22 heavy (non-hydrogen) atoms. The zero-order valence-electron chi connectivity index (χ0n) is 13.8. The molecule has 4 nitrogen and oxygen atoms in total. The Labute approximate surface area is 141 Å². The number of allylic oxidation sites excluding steroid dienone is 1. The van der Waals surface area contributed by atoms with Crippen LogP contribution in [-0.4, -0.2) is 29.2 Å². The van der Waals surface area contributed by atoms with E-state index in [4.69, 9.17) is 4.74 Å². The Bertz CT molecular complexity index is 661. The van der Waals surface area contributed by atoms with Crippen molar-refractivity contribution < 1.29 is 4.74 Å². The topological polar surface area (TPSA) is 39.9 Å². The molecule has 0 fully saturated rings. The third kappa shape index (κ3) is 4.76. The van der Waals surface area contributed by atoms with Crippen LogP contribution in [0.4, 0.5) is 0 Å². The summed E-state index contributed by atoms with van der Waals surface area (Å²) in [5, 5.41) is 0. The van der Waals surface area contributed by atoms with Crippen LogP contribution in [0.25, 0.3) is 17.2 Å². The first kappa shape index (κ1) is 17.4. The molecule has 2 aromatic heterocycles. The molecule has 0 aliphatic carbocycles. The second-order valence-electron chi connectivity index (χ2n) is 6.58. The first-order chi connectivity index (χ1) is 10.4. The number of ether oxygens (including phenoxy) is 1. The van der Waals surface area contributed by atoms with Gasteiger partial charge in [0.2, 0.25) is 0 Å². The third-order valence-electron chi connectivity index (χ3n) is 3.32. The third-order valence-corrected chi connectivity index (χ3v) is 5.41. The summed E-state index contributed by atoms with van der Waals surface area (Å²) in [5.74, 6) is 0. The van der Waals surface area contributed by atoms with E-state index in [1.54, 1.807) is 6.20 Å². The van der Waals surface area contributed by atoms with Crippen molar-refractivity contribution >= 4 is 41.2 Å². The van der Waals surface area contributed by atoms with E-state index in [1.165, 1.54) is 6.04 Å². The predicted octanol–water partition coefficient (Wildman–Crippen LogP) is 4.93. The van der Waals surface area contributed by atoms with Crippen molar-refractivity contribution in [2.75, 3.05) is 6.61 Å². The van der Waals surface area contributed by atoms with E-state index in [0.29, 0.717) is 6.73 Å². The maximum Gasteiger partial charge on any atom is 0.161 e. The van der Waals surface area contributed by atoms with Crippen LogP contribution in [0.3, 0.4) is 0 Å². The van der Waals surface area contributed by atoms with E-state index in [9.17, 15) is 0 Å². The molecule has 0 amide bonds. The summed E-state index contributed by atoms with van der Waals surface area (Å²) >= 11 is 3.40. The maximum absolute atomic E-state index is 5.85. The number of aromatic nitrogens is 3. The van der Waals surface area contributed by atoms with Crippen molar-refractivity contribution in [2.24, 2.45) is 0 Å². The summed E-state index contributed by atoms with van der Waals surface area (Å²) in [7, 11) is -1.05. The minimum Gasteiger partial charge on any atom is -0.361 e. The van der Waals surface area contributed by atoms with Gasteiger partial charge in [0.15, 0.2) is 5.65 Å². The molecule has 0 saturated heterocycles. The largest absolute Gasteiger partial charge is 0.361 e. The van der Waals surface area contributed by atoms with Gasteiger partial charge in [0, 0.05) is 26.4 Å². The van der Waals surface area contributed by atoms with E-state index in [-0.39, 0.29) is 0 Å². The van der Waals surface area contributed by atoms with Crippen LogP contribution in [0, 0.1) is 0 Å². The molecule has 6 heteroatoms. The van der Waals surface area contributed by atoms with E-state index in [1.807, 2.05) is 4.57 Å². The Balaban J connectivity index is 2.17. The molecule has 0 aliphatic heterocycles. The average molecular weight is 382 g/mol. The van der Waals surface area contributed by atoms with Gasteiger partial charge >= 0.3 is 0 Å². The van der Waals surface area contributed by atoms with Gasteiger partial charge in [-0.15, -0.1) is 0 Å². The van der Waals surface area contributed by atoms with Crippen molar-refractivity contribution in [3.05, 3.63) is 28.6 Å². The Morgan fingerprint density at radius 2 is 2.14 bits per heavy atom. The summed E-state index contributed by atoms with van der Waals surface area (Å²) in [6.45, 7) is 10.5. The van der Waals surface area contributed by atoms with Crippen molar-refractivity contribution in [3.63, 3.8) is 0 Å². The van der Waals surface area contributed by atoms with Crippen LogP contribution < -0.4 is 0 Å². The highest BCUT2D eigenvalue weighted by molar-refractivity contribution is 9.10. The lowest BCUT2D eigenvalue weighted by atomic mass is 10.2. The lowest BCUT2D eigenvalue weighted by molar-refractivity contribution is 0.0898. The van der Waals surface area contributed by atoms with Crippen molar-refractivity contribution in [1.29, 1.82) is 0 Å². The molecule has 0 spiro atoms. The minimum absolute atomic E-state index is 0.525. The van der Waals surface area contributed by atoms with Gasteiger partial charge in [0.25, 0.3) is 0 Å². The Morgan fingerprint density at radius 3 is 2.82 bits per heavy atom. The molecule has 0 N–H and O–H groups in total. The van der Waals surface area contributed by atoms with E-state index in [0.717, 1.165) is 34.4 Å². The van der Waals surface area contributed by atoms with E-state index in [2.05, 4.69) is 70.8 Å². The number of halogens is 1. The first-order valence-corrected chi connectivity index (χ1v) is 12.2. The summed E-state index contributed by atoms with van der Waals surface area (Å²) < 4.78 is 8.64. The van der Waals surface area contributed by atoms with Crippen LogP contribution in [0.2, 0.25) is 25.7 Å². The van der Waals surface area contributed by atoms with E-state index < -0.39 is 8.07 Å². The fourth-order valence-corrected chi connectivity index (χ4v) is 3.10. The quantitative estimate of drug-likeness (QED) is 0.504. The smallest absolute Gasteiger partial charge is 0.161 e. The number of hydrogen-bond donors (Lipinski definition) is 0. The van der Waals surface area contributed by atoms with Crippen LogP contribution in [0.5, 0.6) is 0 Å². The van der Waals surface area contributed by atoms with Crippen LogP contribution in [0.1, 0.15) is 18.9 Å². The van der Waals surface area contributed by atoms with Gasteiger partial charge in [-0.1, -0.05) is 38.7 Å². The van der Waals surface area contributed by atoms with Crippen molar-refractivity contribution in [3.8, 4) is 0 Å². The minimum atomic E-state index is -1.05. The van der Waals surface area contributed by atoms with Gasteiger partial charge in [0.1, 0.15) is 16.9 Å². The van der Waals surface area contributed by atoms with Crippen LogP contribution >= 0.6 is 15.9 Å². The van der Waals surface area contributed by atoms with Gasteiger partial charge < -0.3 is 9.30 Å². The maximum atomic E-state index is 5.85. The number of hydrogen-bond acceptors (Lipinski definition) is 3. The number of fused-ring (bicyclic) bond motifs is 1. The molecule has 0 saturated carbocycles.